The van der Waals surface area contributed by atoms with Gasteiger partial charge >= 0.3 is 5.97 Å². The lowest BCUT2D eigenvalue weighted by Crippen LogP contribution is -2.63. The molecule has 0 aromatic carbocycles. The van der Waals surface area contributed by atoms with Gasteiger partial charge in [-0.15, -0.1) is 0 Å². The standard InChI is InChI=1S/C25H47N3O5/c1-13-28(21(29)19(26-11)25(9,10)32)20(24(6,7)8)22(30)27(12)18(16(3)4)15-17(5)23(31)33-14-2/h15-16,18-20,26,32H,13-14H2,1-12H3/t18-,19-,20-/m1/s1. The minimum Gasteiger partial charge on any atom is -0.463 e. The van der Waals surface area contributed by atoms with Gasteiger partial charge in [0.1, 0.15) is 12.1 Å². The molecule has 0 spiro atoms. The third-order valence-electron chi connectivity index (χ3n) is 5.73. The molecule has 0 unspecified atom stereocenters. The molecule has 2 N–H and O–H groups in total. The molecule has 0 aliphatic carbocycles. The number of hydrogen-bond acceptors (Lipinski definition) is 6. The number of hydrogen-bond donors (Lipinski definition) is 2. The number of nitrogens with zero attached hydrogens (tertiary/aromatic N) is 2. The molecule has 3 atom stereocenters. The van der Waals surface area contributed by atoms with E-state index in [-0.39, 0.29) is 30.4 Å². The number of carbonyl (C=O) groups excluding carboxylic acids is 3. The van der Waals surface area contributed by atoms with Gasteiger partial charge in [-0.3, -0.25) is 9.59 Å². The molecule has 0 heterocycles. The van der Waals surface area contributed by atoms with E-state index in [1.807, 2.05) is 41.5 Å². The van der Waals surface area contributed by atoms with Crippen LogP contribution in [0.15, 0.2) is 11.6 Å². The fourth-order valence-corrected chi connectivity index (χ4v) is 4.04. The van der Waals surface area contributed by atoms with Gasteiger partial charge in [-0.25, -0.2) is 4.79 Å². The van der Waals surface area contributed by atoms with E-state index in [0.29, 0.717) is 12.1 Å². The Morgan fingerprint density at radius 3 is 1.91 bits per heavy atom. The van der Waals surface area contributed by atoms with E-state index in [9.17, 15) is 19.5 Å². The first-order valence-electron chi connectivity index (χ1n) is 11.8. The van der Waals surface area contributed by atoms with Crippen LogP contribution >= 0.6 is 0 Å². The lowest BCUT2D eigenvalue weighted by molar-refractivity contribution is -0.155. The number of carbonyl (C=O) groups is 3. The van der Waals surface area contributed by atoms with Crippen molar-refractivity contribution in [2.75, 3.05) is 27.2 Å². The van der Waals surface area contributed by atoms with Crippen LogP contribution in [0.2, 0.25) is 0 Å². The highest BCUT2D eigenvalue weighted by Crippen LogP contribution is 2.29. The first-order chi connectivity index (χ1) is 14.9. The predicted octanol–water partition coefficient (Wildman–Crippen LogP) is 2.60. The highest BCUT2D eigenvalue weighted by molar-refractivity contribution is 5.91. The minimum atomic E-state index is -1.31. The van der Waals surface area contributed by atoms with Crippen LogP contribution in [0.5, 0.6) is 0 Å². The monoisotopic (exact) mass is 469 g/mol. The SMILES string of the molecule is CCOC(=O)C(C)=C[C@H](C(C)C)N(C)C(=O)[C@@H](N(CC)C(=O)[C@@H](NC)C(C)(C)O)C(C)(C)C. The fourth-order valence-electron chi connectivity index (χ4n) is 4.04. The summed E-state index contributed by atoms with van der Waals surface area (Å²) in [6.07, 6.45) is 1.76. The van der Waals surface area contributed by atoms with Crippen LogP contribution in [0.25, 0.3) is 0 Å². The first-order valence-corrected chi connectivity index (χ1v) is 11.8. The van der Waals surface area contributed by atoms with Crippen molar-refractivity contribution in [1.82, 2.24) is 15.1 Å². The van der Waals surface area contributed by atoms with Crippen LogP contribution in [0, 0.1) is 11.3 Å². The molecule has 0 aromatic heterocycles. The van der Waals surface area contributed by atoms with E-state index in [0.717, 1.165) is 0 Å². The number of rotatable bonds is 11. The van der Waals surface area contributed by atoms with E-state index in [2.05, 4.69) is 5.32 Å². The van der Waals surface area contributed by atoms with E-state index in [1.165, 1.54) is 4.90 Å². The van der Waals surface area contributed by atoms with Crippen LogP contribution in [0.4, 0.5) is 0 Å². The smallest absolute Gasteiger partial charge is 0.333 e. The van der Waals surface area contributed by atoms with Gasteiger partial charge in [-0.05, 0) is 53.0 Å². The Balaban J connectivity index is 6.33. The summed E-state index contributed by atoms with van der Waals surface area (Å²) >= 11 is 0. The Kier molecular flexibility index (Phi) is 11.8. The van der Waals surface area contributed by atoms with Crippen LogP contribution < -0.4 is 5.32 Å². The number of aliphatic hydroxyl groups is 1. The zero-order valence-corrected chi connectivity index (χ0v) is 22.8. The highest BCUT2D eigenvalue weighted by atomic mass is 16.5. The Labute approximate surface area is 200 Å². The zero-order chi connectivity index (χ0) is 26.3. The lowest BCUT2D eigenvalue weighted by atomic mass is 9.83. The van der Waals surface area contributed by atoms with Crippen molar-refractivity contribution in [2.45, 2.75) is 93.0 Å². The molecular formula is C25H47N3O5. The average Bonchev–Trinajstić information content (AvgIpc) is 2.67. The van der Waals surface area contributed by atoms with E-state index < -0.39 is 29.1 Å². The van der Waals surface area contributed by atoms with Crippen LogP contribution in [-0.4, -0.2) is 83.7 Å². The molecule has 0 saturated carbocycles. The van der Waals surface area contributed by atoms with E-state index in [4.69, 9.17) is 4.74 Å². The number of nitrogens with one attached hydrogen (secondary N) is 1. The van der Waals surface area contributed by atoms with Gasteiger partial charge in [-0.2, -0.15) is 0 Å². The fraction of sp³-hybridized carbons (Fsp3) is 0.800. The van der Waals surface area contributed by atoms with Crippen molar-refractivity contribution in [2.24, 2.45) is 11.3 Å². The van der Waals surface area contributed by atoms with Gasteiger partial charge in [0.05, 0.1) is 18.2 Å². The molecule has 0 bridgehead atoms. The maximum Gasteiger partial charge on any atom is 0.333 e. The van der Waals surface area contributed by atoms with E-state index >= 15 is 0 Å². The largest absolute Gasteiger partial charge is 0.463 e. The van der Waals surface area contributed by atoms with Gasteiger partial charge in [0, 0.05) is 19.2 Å². The van der Waals surface area contributed by atoms with Gasteiger partial charge in [0.2, 0.25) is 11.8 Å². The molecule has 8 heteroatoms. The van der Waals surface area contributed by atoms with Crippen molar-refractivity contribution in [3.05, 3.63) is 11.6 Å². The molecular weight excluding hydrogens is 422 g/mol. The molecule has 0 radical (unpaired) electrons. The number of likely N-dealkylation sites (N-methyl/N-ethyl adjacent to an activating group) is 3. The molecule has 33 heavy (non-hydrogen) atoms. The van der Waals surface area contributed by atoms with Crippen LogP contribution in [0.3, 0.4) is 0 Å². The molecule has 0 fully saturated rings. The second kappa shape index (κ2) is 12.5. The summed E-state index contributed by atoms with van der Waals surface area (Å²) in [5, 5.41) is 13.4. The van der Waals surface area contributed by atoms with Crippen LogP contribution in [0.1, 0.15) is 69.2 Å². The summed E-state index contributed by atoms with van der Waals surface area (Å²) in [4.78, 5) is 42.7. The first kappa shape index (κ1) is 31.1. The number of amides is 2. The van der Waals surface area contributed by atoms with Crippen molar-refractivity contribution in [3.63, 3.8) is 0 Å². The van der Waals surface area contributed by atoms with Crippen molar-refractivity contribution in [3.8, 4) is 0 Å². The summed E-state index contributed by atoms with van der Waals surface area (Å²) in [5.41, 5.74) is -1.45. The molecule has 8 nitrogen and oxygen atoms in total. The van der Waals surface area contributed by atoms with Gasteiger partial charge < -0.3 is 25.0 Å². The Bertz CT molecular complexity index is 704. The second-order valence-electron chi connectivity index (χ2n) is 10.5. The molecule has 2 amide bonds. The average molecular weight is 470 g/mol. The summed E-state index contributed by atoms with van der Waals surface area (Å²) in [5.74, 6) is -0.955. The molecule has 0 rings (SSSR count). The number of ether oxygens (including phenoxy) is 1. The Hall–Kier alpha value is -1.93. The maximum atomic E-state index is 13.9. The highest BCUT2D eigenvalue weighted by Gasteiger charge is 2.45. The van der Waals surface area contributed by atoms with Crippen LogP contribution in [-0.2, 0) is 19.1 Å². The topological polar surface area (TPSA) is 99.2 Å². The normalized spacial score (nSPS) is 15.6. The third kappa shape index (κ3) is 8.41. The lowest BCUT2D eigenvalue weighted by Gasteiger charge is -2.44. The minimum absolute atomic E-state index is 0.0242. The second-order valence-corrected chi connectivity index (χ2v) is 10.5. The van der Waals surface area contributed by atoms with Crippen molar-refractivity contribution >= 4 is 17.8 Å². The predicted molar refractivity (Wildman–Crippen MR) is 132 cm³/mol. The molecule has 0 aliphatic rings. The van der Waals surface area contributed by atoms with Crippen molar-refractivity contribution < 1.29 is 24.2 Å². The summed E-state index contributed by atoms with van der Waals surface area (Å²) in [6.45, 7) is 18.7. The van der Waals surface area contributed by atoms with E-state index in [1.54, 1.807) is 52.8 Å². The van der Waals surface area contributed by atoms with Gasteiger partial charge in [0.25, 0.3) is 0 Å². The van der Waals surface area contributed by atoms with Gasteiger partial charge in [-0.1, -0.05) is 40.7 Å². The Morgan fingerprint density at radius 2 is 1.58 bits per heavy atom. The molecule has 0 aliphatic heterocycles. The maximum absolute atomic E-state index is 13.9. The summed E-state index contributed by atoms with van der Waals surface area (Å²) in [7, 11) is 3.32. The van der Waals surface area contributed by atoms with Crippen molar-refractivity contribution in [1.29, 1.82) is 0 Å². The zero-order valence-electron chi connectivity index (χ0n) is 22.8. The van der Waals surface area contributed by atoms with Gasteiger partial charge in [0.15, 0.2) is 0 Å². The molecule has 192 valence electrons. The number of esters is 1. The molecule has 0 aromatic rings. The molecule has 0 saturated heterocycles. The third-order valence-corrected chi connectivity index (χ3v) is 5.73. The quantitative estimate of drug-likeness (QED) is 0.356. The Morgan fingerprint density at radius 1 is 1.06 bits per heavy atom. The summed E-state index contributed by atoms with van der Waals surface area (Å²) in [6, 6.07) is -2.00. The summed E-state index contributed by atoms with van der Waals surface area (Å²) < 4.78 is 5.09.